The predicted octanol–water partition coefficient (Wildman–Crippen LogP) is 3.46. The molecule has 0 bridgehead atoms. The topological polar surface area (TPSA) is 101 Å². The van der Waals surface area contributed by atoms with Gasteiger partial charge in [-0.1, -0.05) is 12.1 Å². The van der Waals surface area contributed by atoms with Gasteiger partial charge in [0.05, 0.1) is 5.56 Å². The normalized spacial score (nSPS) is 16.9. The van der Waals surface area contributed by atoms with Crippen molar-refractivity contribution in [2.45, 2.75) is 52.1 Å². The van der Waals surface area contributed by atoms with Crippen molar-refractivity contribution < 1.29 is 14.4 Å². The molecule has 3 rings (SSSR count). The van der Waals surface area contributed by atoms with Crippen LogP contribution < -0.4 is 16.4 Å². The third-order valence-corrected chi connectivity index (χ3v) is 6.34. The molecule has 2 aromatic rings. The highest BCUT2D eigenvalue weighted by molar-refractivity contribution is 7.17. The molecule has 1 aromatic heterocycles. The van der Waals surface area contributed by atoms with Crippen LogP contribution in [0.25, 0.3) is 0 Å². The molecule has 1 aromatic carbocycles. The molecule has 7 heteroatoms. The molecule has 148 valence electrons. The second-order valence-corrected chi connectivity index (χ2v) is 9.40. The van der Waals surface area contributed by atoms with Crippen LogP contribution in [-0.2, 0) is 12.0 Å². The summed E-state index contributed by atoms with van der Waals surface area (Å²) in [6.45, 7) is 9.74. The molecule has 2 amide bonds. The highest BCUT2D eigenvalue weighted by atomic mass is 32.1. The molecule has 4 N–H and O–H groups in total. The molecule has 0 unspecified atom stereocenters. The van der Waals surface area contributed by atoms with Gasteiger partial charge >= 0.3 is 0 Å². The van der Waals surface area contributed by atoms with E-state index in [1.54, 1.807) is 24.3 Å². The second kappa shape index (κ2) is 6.83. The molecule has 0 spiro atoms. The Bertz CT molecular complexity index is 972. The third kappa shape index (κ3) is 3.72. The van der Waals surface area contributed by atoms with Crippen LogP contribution in [0.3, 0.4) is 0 Å². The Morgan fingerprint density at radius 1 is 1.07 bits per heavy atom. The number of primary amides is 1. The lowest BCUT2D eigenvalue weighted by Crippen LogP contribution is -2.55. The Balaban J connectivity index is 1.99. The van der Waals surface area contributed by atoms with Crippen LogP contribution in [-0.4, -0.2) is 23.1 Å². The number of rotatable bonds is 4. The summed E-state index contributed by atoms with van der Waals surface area (Å²) < 4.78 is 0. The number of amides is 2. The Kier molecular flexibility index (Phi) is 4.93. The number of carbonyl (C=O) groups is 3. The number of hydrogen-bond acceptors (Lipinski definition) is 5. The van der Waals surface area contributed by atoms with Crippen LogP contribution in [0.5, 0.6) is 0 Å². The van der Waals surface area contributed by atoms with Crippen LogP contribution in [0, 0.1) is 0 Å². The quantitative estimate of drug-likeness (QED) is 0.685. The SMILES string of the molecule is CC(=O)c1ccc(C(=O)Nc2sc3c(c2C(N)=O)CC(C)(C)NC3(C)C)cc1. The summed E-state index contributed by atoms with van der Waals surface area (Å²) in [7, 11) is 0. The van der Waals surface area contributed by atoms with Gasteiger partial charge in [-0.3, -0.25) is 14.4 Å². The van der Waals surface area contributed by atoms with Crippen LogP contribution >= 0.6 is 11.3 Å². The van der Waals surface area contributed by atoms with Gasteiger partial charge in [0.15, 0.2) is 5.78 Å². The average Bonchev–Trinajstić information content (AvgIpc) is 2.91. The van der Waals surface area contributed by atoms with Gasteiger partial charge in [-0.2, -0.15) is 0 Å². The first-order valence-corrected chi connectivity index (χ1v) is 9.90. The largest absolute Gasteiger partial charge is 0.365 e. The number of Topliss-reactive ketones (excluding diaryl/α,β-unsaturated/α-hetero) is 1. The molecule has 0 radical (unpaired) electrons. The maximum absolute atomic E-state index is 12.7. The fourth-order valence-corrected chi connectivity index (χ4v) is 5.19. The Hall–Kier alpha value is -2.51. The maximum atomic E-state index is 12.7. The van der Waals surface area contributed by atoms with E-state index in [2.05, 4.69) is 38.3 Å². The summed E-state index contributed by atoms with van der Waals surface area (Å²) in [6.07, 6.45) is 0.643. The number of fused-ring (bicyclic) bond motifs is 1. The Morgan fingerprint density at radius 3 is 2.18 bits per heavy atom. The minimum absolute atomic E-state index is 0.0637. The van der Waals surface area contributed by atoms with E-state index in [1.807, 2.05) is 0 Å². The fourth-order valence-electron chi connectivity index (χ4n) is 3.91. The van der Waals surface area contributed by atoms with Gasteiger partial charge in [0.1, 0.15) is 5.00 Å². The first-order chi connectivity index (χ1) is 12.9. The number of carbonyl (C=O) groups excluding carboxylic acids is 3. The van der Waals surface area contributed by atoms with E-state index in [0.717, 1.165) is 10.4 Å². The molecule has 28 heavy (non-hydrogen) atoms. The zero-order chi connectivity index (χ0) is 20.9. The Morgan fingerprint density at radius 2 is 1.64 bits per heavy atom. The van der Waals surface area contributed by atoms with Crippen molar-refractivity contribution in [3.05, 3.63) is 51.4 Å². The molecule has 6 nitrogen and oxygen atoms in total. The zero-order valence-electron chi connectivity index (χ0n) is 16.7. The predicted molar refractivity (Wildman–Crippen MR) is 111 cm³/mol. The van der Waals surface area contributed by atoms with E-state index in [-0.39, 0.29) is 22.8 Å². The number of ketones is 1. The number of nitrogens with two attached hydrogens (primary N) is 1. The molecule has 0 fully saturated rings. The molecular weight excluding hydrogens is 374 g/mol. The summed E-state index contributed by atoms with van der Waals surface area (Å²) in [4.78, 5) is 37.4. The van der Waals surface area contributed by atoms with E-state index in [1.165, 1.54) is 18.3 Å². The second-order valence-electron chi connectivity index (χ2n) is 8.38. The average molecular weight is 400 g/mol. The number of nitrogens with one attached hydrogen (secondary N) is 2. The van der Waals surface area contributed by atoms with Crippen LogP contribution in [0.1, 0.15) is 76.1 Å². The summed E-state index contributed by atoms with van der Waals surface area (Å²) in [6, 6.07) is 6.42. The molecule has 0 atom stereocenters. The van der Waals surface area contributed by atoms with Gasteiger partial charge in [0, 0.05) is 27.1 Å². The van der Waals surface area contributed by atoms with Gasteiger partial charge in [-0.15, -0.1) is 11.3 Å². The molecule has 1 aliphatic rings. The third-order valence-electron chi connectivity index (χ3n) is 4.87. The van der Waals surface area contributed by atoms with Crippen molar-refractivity contribution in [2.24, 2.45) is 5.73 Å². The first-order valence-electron chi connectivity index (χ1n) is 9.09. The van der Waals surface area contributed by atoms with Gasteiger partial charge in [-0.05, 0) is 58.7 Å². The lowest BCUT2D eigenvalue weighted by atomic mass is 9.81. The molecule has 2 heterocycles. The van der Waals surface area contributed by atoms with Crippen molar-refractivity contribution in [3.63, 3.8) is 0 Å². The minimum Gasteiger partial charge on any atom is -0.365 e. The van der Waals surface area contributed by atoms with Crippen LogP contribution in [0.4, 0.5) is 5.00 Å². The van der Waals surface area contributed by atoms with Crippen molar-refractivity contribution in [1.82, 2.24) is 5.32 Å². The summed E-state index contributed by atoms with van der Waals surface area (Å²) in [5, 5.41) is 6.89. The highest BCUT2D eigenvalue weighted by Gasteiger charge is 2.41. The van der Waals surface area contributed by atoms with Crippen molar-refractivity contribution in [1.29, 1.82) is 0 Å². The molecular formula is C21H25N3O3S. The molecule has 0 saturated carbocycles. The minimum atomic E-state index is -0.548. The van der Waals surface area contributed by atoms with E-state index in [9.17, 15) is 14.4 Å². The highest BCUT2D eigenvalue weighted by Crippen LogP contribution is 2.44. The Labute approximate surface area is 168 Å². The number of benzene rings is 1. The fraction of sp³-hybridized carbons (Fsp3) is 0.381. The molecule has 0 saturated heterocycles. The van der Waals surface area contributed by atoms with E-state index >= 15 is 0 Å². The lowest BCUT2D eigenvalue weighted by Gasteiger charge is -2.42. The number of anilines is 1. The smallest absolute Gasteiger partial charge is 0.256 e. The van der Waals surface area contributed by atoms with Gasteiger partial charge in [0.25, 0.3) is 11.8 Å². The molecule has 1 aliphatic heterocycles. The number of hydrogen-bond donors (Lipinski definition) is 3. The molecule has 0 aliphatic carbocycles. The maximum Gasteiger partial charge on any atom is 0.256 e. The van der Waals surface area contributed by atoms with E-state index in [4.69, 9.17) is 5.73 Å². The summed E-state index contributed by atoms with van der Waals surface area (Å²) in [5.74, 6) is -0.958. The van der Waals surface area contributed by atoms with E-state index in [0.29, 0.717) is 28.1 Å². The van der Waals surface area contributed by atoms with Crippen molar-refractivity contribution in [2.75, 3.05) is 5.32 Å². The number of thiophene rings is 1. The van der Waals surface area contributed by atoms with E-state index < -0.39 is 5.91 Å². The van der Waals surface area contributed by atoms with Gasteiger partial charge in [-0.25, -0.2) is 0 Å². The van der Waals surface area contributed by atoms with Crippen molar-refractivity contribution >= 4 is 33.9 Å². The van der Waals surface area contributed by atoms with Crippen molar-refractivity contribution in [3.8, 4) is 0 Å². The van der Waals surface area contributed by atoms with Gasteiger partial charge in [0.2, 0.25) is 0 Å². The van der Waals surface area contributed by atoms with Crippen LogP contribution in [0.2, 0.25) is 0 Å². The summed E-state index contributed by atoms with van der Waals surface area (Å²) in [5.41, 5.74) is 7.36. The lowest BCUT2D eigenvalue weighted by molar-refractivity contribution is 0.0994. The first kappa shape index (κ1) is 20.2. The summed E-state index contributed by atoms with van der Waals surface area (Å²) >= 11 is 1.38. The standard InChI is InChI=1S/C21H25N3O3S/c1-11(25)12-6-8-13(9-7-12)18(27)23-19-15(17(22)26)14-10-20(2,3)24-21(4,5)16(14)28-19/h6-9,24H,10H2,1-5H3,(H2,22,26)(H,23,27). The van der Waals surface area contributed by atoms with Crippen LogP contribution in [0.15, 0.2) is 24.3 Å². The van der Waals surface area contributed by atoms with Gasteiger partial charge < -0.3 is 16.4 Å². The monoisotopic (exact) mass is 399 g/mol. The zero-order valence-corrected chi connectivity index (χ0v) is 17.5.